The molecule has 0 bridgehead atoms. The van der Waals surface area contributed by atoms with Gasteiger partial charge in [0.1, 0.15) is 0 Å². The van der Waals surface area contributed by atoms with Crippen molar-refractivity contribution < 1.29 is 9.59 Å². The lowest BCUT2D eigenvalue weighted by Crippen LogP contribution is -2.52. The molecule has 1 saturated heterocycles. The van der Waals surface area contributed by atoms with Crippen LogP contribution in [0.25, 0.3) is 0 Å². The van der Waals surface area contributed by atoms with Crippen LogP contribution in [0.15, 0.2) is 23.0 Å². The maximum Gasteiger partial charge on any atom is 0.327 e. The minimum Gasteiger partial charge on any atom is -0.323 e. The number of hydrogen-bond acceptors (Lipinski definition) is 4. The molecule has 1 aromatic heterocycles. The van der Waals surface area contributed by atoms with Gasteiger partial charge >= 0.3 is 6.03 Å². The van der Waals surface area contributed by atoms with Crippen molar-refractivity contribution in [3.63, 3.8) is 0 Å². The van der Waals surface area contributed by atoms with E-state index in [4.69, 9.17) is 0 Å². The van der Waals surface area contributed by atoms with Gasteiger partial charge in [0.15, 0.2) is 0 Å². The zero-order valence-electron chi connectivity index (χ0n) is 11.0. The first-order chi connectivity index (χ1) is 9.08. The lowest BCUT2D eigenvalue weighted by Gasteiger charge is -2.33. The molecule has 1 aliphatic rings. The summed E-state index contributed by atoms with van der Waals surface area (Å²) in [4.78, 5) is 31.2. The van der Waals surface area contributed by atoms with Gasteiger partial charge in [-0.1, -0.05) is 5.57 Å². The second-order valence-electron chi connectivity index (χ2n) is 4.69. The van der Waals surface area contributed by atoms with Crippen molar-refractivity contribution in [1.29, 1.82) is 0 Å². The maximum atomic E-state index is 12.3. The van der Waals surface area contributed by atoms with E-state index >= 15 is 0 Å². The second kappa shape index (κ2) is 5.97. The summed E-state index contributed by atoms with van der Waals surface area (Å²) < 4.78 is 0. The van der Waals surface area contributed by atoms with E-state index in [9.17, 15) is 9.59 Å². The normalized spacial score (nSPS) is 16.1. The van der Waals surface area contributed by atoms with Crippen molar-refractivity contribution in [3.8, 4) is 0 Å². The van der Waals surface area contributed by atoms with E-state index in [0.29, 0.717) is 19.5 Å². The van der Waals surface area contributed by atoms with Crippen molar-refractivity contribution in [1.82, 2.24) is 14.8 Å². The lowest BCUT2D eigenvalue weighted by atomic mass is 10.2. The van der Waals surface area contributed by atoms with Gasteiger partial charge in [-0.05, 0) is 13.3 Å². The number of thiazole rings is 1. The summed E-state index contributed by atoms with van der Waals surface area (Å²) in [7, 11) is 0. The van der Waals surface area contributed by atoms with Gasteiger partial charge in [-0.3, -0.25) is 9.69 Å². The highest BCUT2D eigenvalue weighted by Gasteiger charge is 2.31. The van der Waals surface area contributed by atoms with Crippen LogP contribution in [0, 0.1) is 0 Å². The zero-order valence-corrected chi connectivity index (χ0v) is 11.8. The topological polar surface area (TPSA) is 53.5 Å². The van der Waals surface area contributed by atoms with Gasteiger partial charge in [-0.15, -0.1) is 17.9 Å². The lowest BCUT2D eigenvalue weighted by molar-refractivity contribution is -0.131. The fraction of sp³-hybridized carbons (Fsp3) is 0.462. The summed E-state index contributed by atoms with van der Waals surface area (Å²) >= 11 is 1.46. The number of urea groups is 1. The molecule has 2 rings (SSSR count). The molecular formula is C13H17N3O2S. The van der Waals surface area contributed by atoms with Gasteiger partial charge in [-0.2, -0.15) is 0 Å². The van der Waals surface area contributed by atoms with Gasteiger partial charge < -0.3 is 4.90 Å². The van der Waals surface area contributed by atoms with Gasteiger partial charge in [0, 0.05) is 24.9 Å². The number of carbonyl (C=O) groups excluding carboxylic acids is 2. The van der Waals surface area contributed by atoms with Crippen LogP contribution in [0.3, 0.4) is 0 Å². The van der Waals surface area contributed by atoms with E-state index in [0.717, 1.165) is 17.7 Å². The van der Waals surface area contributed by atoms with Gasteiger partial charge in [0.25, 0.3) is 0 Å². The minimum atomic E-state index is -0.217. The number of imide groups is 1. The Hall–Kier alpha value is -1.69. The molecule has 2 heterocycles. The van der Waals surface area contributed by atoms with Crippen molar-refractivity contribution in [2.45, 2.75) is 26.3 Å². The summed E-state index contributed by atoms with van der Waals surface area (Å²) in [6.07, 6.45) is 1.15. The van der Waals surface area contributed by atoms with Crippen LogP contribution in [-0.2, 0) is 11.3 Å². The van der Waals surface area contributed by atoms with E-state index in [-0.39, 0.29) is 18.5 Å². The number of rotatable bonds is 5. The van der Waals surface area contributed by atoms with E-state index in [2.05, 4.69) is 11.6 Å². The molecule has 6 heteroatoms. The summed E-state index contributed by atoms with van der Waals surface area (Å²) in [5, 5.41) is 1.85. The molecule has 1 aromatic rings. The Kier molecular flexibility index (Phi) is 4.31. The van der Waals surface area contributed by atoms with Crippen LogP contribution in [0.5, 0.6) is 0 Å². The van der Waals surface area contributed by atoms with Crippen LogP contribution in [0.2, 0.25) is 0 Å². The average molecular weight is 279 g/mol. The third-order valence-electron chi connectivity index (χ3n) is 3.01. The molecule has 0 unspecified atom stereocenters. The van der Waals surface area contributed by atoms with E-state index in [1.54, 1.807) is 10.4 Å². The van der Waals surface area contributed by atoms with Crippen molar-refractivity contribution in [2.75, 3.05) is 13.1 Å². The largest absolute Gasteiger partial charge is 0.327 e. The molecule has 0 aliphatic carbocycles. The molecule has 0 saturated carbocycles. The zero-order chi connectivity index (χ0) is 13.8. The Morgan fingerprint density at radius 3 is 2.95 bits per heavy atom. The molecule has 19 heavy (non-hydrogen) atoms. The standard InChI is InChI=1S/C13H17N3O2S/c1-10(2)3-5-15-6-4-12(17)16(13(15)18)7-11-8-19-9-14-11/h8-9H,1,3-7H2,2H3. The molecule has 3 amide bonds. The quantitative estimate of drug-likeness (QED) is 0.777. The predicted molar refractivity (Wildman–Crippen MR) is 73.7 cm³/mol. The second-order valence-corrected chi connectivity index (χ2v) is 5.41. The van der Waals surface area contributed by atoms with Crippen LogP contribution < -0.4 is 0 Å². The summed E-state index contributed by atoms with van der Waals surface area (Å²) in [6.45, 7) is 7.16. The third kappa shape index (κ3) is 3.41. The SMILES string of the molecule is C=C(C)CCN1CCC(=O)N(Cc2cscn2)C1=O. The fourth-order valence-electron chi connectivity index (χ4n) is 1.91. The highest BCUT2D eigenvalue weighted by atomic mass is 32.1. The predicted octanol–water partition coefficient (Wildman–Crippen LogP) is 2.26. The molecule has 102 valence electrons. The smallest absolute Gasteiger partial charge is 0.323 e. The molecule has 1 aliphatic heterocycles. The van der Waals surface area contributed by atoms with Gasteiger partial charge in [0.05, 0.1) is 17.7 Å². The Labute approximate surface area is 116 Å². The number of hydrogen-bond donors (Lipinski definition) is 0. The van der Waals surface area contributed by atoms with Crippen molar-refractivity contribution in [3.05, 3.63) is 28.7 Å². The number of carbonyl (C=O) groups is 2. The molecule has 0 aromatic carbocycles. The Bertz CT molecular complexity index is 484. The van der Waals surface area contributed by atoms with Crippen LogP contribution >= 0.6 is 11.3 Å². The van der Waals surface area contributed by atoms with E-state index < -0.39 is 0 Å². The monoisotopic (exact) mass is 279 g/mol. The van der Waals surface area contributed by atoms with Crippen LogP contribution in [0.4, 0.5) is 4.79 Å². The number of aromatic nitrogens is 1. The molecule has 0 atom stereocenters. The molecule has 0 radical (unpaired) electrons. The van der Waals surface area contributed by atoms with Gasteiger partial charge in [0.2, 0.25) is 5.91 Å². The maximum absolute atomic E-state index is 12.3. The van der Waals surface area contributed by atoms with Crippen LogP contribution in [-0.4, -0.2) is 39.8 Å². The average Bonchev–Trinajstić information content (AvgIpc) is 2.86. The molecular weight excluding hydrogens is 262 g/mol. The summed E-state index contributed by atoms with van der Waals surface area (Å²) in [5.41, 5.74) is 3.50. The first kappa shape index (κ1) is 13.7. The summed E-state index contributed by atoms with van der Waals surface area (Å²) in [5.74, 6) is -0.121. The Morgan fingerprint density at radius 1 is 1.53 bits per heavy atom. The Balaban J connectivity index is 2.02. The minimum absolute atomic E-state index is 0.121. The van der Waals surface area contributed by atoms with Crippen LogP contribution in [0.1, 0.15) is 25.5 Å². The van der Waals surface area contributed by atoms with Crippen molar-refractivity contribution >= 4 is 23.3 Å². The van der Waals surface area contributed by atoms with Crippen molar-refractivity contribution in [2.24, 2.45) is 0 Å². The highest BCUT2D eigenvalue weighted by molar-refractivity contribution is 7.07. The number of nitrogens with zero attached hydrogens (tertiary/aromatic N) is 3. The first-order valence-electron chi connectivity index (χ1n) is 6.18. The highest BCUT2D eigenvalue weighted by Crippen LogP contribution is 2.15. The molecule has 0 N–H and O–H groups in total. The fourth-order valence-corrected chi connectivity index (χ4v) is 2.45. The summed E-state index contributed by atoms with van der Waals surface area (Å²) in [6, 6.07) is -0.217. The third-order valence-corrected chi connectivity index (χ3v) is 3.65. The molecule has 0 spiro atoms. The first-order valence-corrected chi connectivity index (χ1v) is 7.13. The van der Waals surface area contributed by atoms with E-state index in [1.165, 1.54) is 16.2 Å². The van der Waals surface area contributed by atoms with E-state index in [1.807, 2.05) is 12.3 Å². The molecule has 1 fully saturated rings. The Morgan fingerprint density at radius 2 is 2.32 bits per heavy atom. The van der Waals surface area contributed by atoms with Gasteiger partial charge in [-0.25, -0.2) is 9.78 Å². The number of amides is 3. The molecule has 5 nitrogen and oxygen atoms in total.